The van der Waals surface area contributed by atoms with Crippen LogP contribution in [0.1, 0.15) is 99.3 Å². The van der Waals surface area contributed by atoms with E-state index in [9.17, 15) is 55.5 Å². The molecule has 5 saturated carbocycles. The lowest BCUT2D eigenvalue weighted by Gasteiger charge is -2.70. The molecule has 18 nitrogen and oxygen atoms in total. The molecule has 0 aromatic heterocycles. The zero-order valence-corrected chi connectivity index (χ0v) is 38.5. The number of methoxy groups -OCH3 is 1. The highest BCUT2D eigenvalue weighted by Gasteiger charge is 2.78. The maximum Gasteiger partial charge on any atom is 0.337 e. The van der Waals surface area contributed by atoms with Crippen LogP contribution in [0.5, 0.6) is 0 Å². The van der Waals surface area contributed by atoms with Gasteiger partial charge in [0.1, 0.15) is 61.0 Å². The number of aliphatic hydroxyl groups excluding tert-OH is 9. The van der Waals surface area contributed by atoms with Crippen molar-refractivity contribution in [3.63, 3.8) is 0 Å². The van der Waals surface area contributed by atoms with Crippen LogP contribution in [-0.4, -0.2) is 170 Å². The average molecular weight is 925 g/mol. The lowest BCUT2D eigenvalue weighted by Crippen LogP contribution is -2.66. The van der Waals surface area contributed by atoms with Crippen LogP contribution < -0.4 is 0 Å². The molecular formula is C47H72O18. The summed E-state index contributed by atoms with van der Waals surface area (Å²) in [4.78, 5) is 27.1. The van der Waals surface area contributed by atoms with Gasteiger partial charge < -0.3 is 79.1 Å². The fourth-order valence-electron chi connectivity index (χ4n) is 16.0. The van der Waals surface area contributed by atoms with Crippen molar-refractivity contribution < 1.29 is 88.7 Å². The molecule has 65 heavy (non-hydrogen) atoms. The topological polar surface area (TPSA) is 281 Å². The number of hydrogen-bond acceptors (Lipinski definition) is 18. The van der Waals surface area contributed by atoms with Crippen LogP contribution in [0, 0.1) is 56.2 Å². The lowest BCUT2D eigenvalue weighted by atomic mass is 9.34. The molecule has 4 bridgehead atoms. The number of allylic oxidation sites excluding steroid dienone is 2. The summed E-state index contributed by atoms with van der Waals surface area (Å²) in [5, 5.41) is 95.3. The first-order valence-electron chi connectivity index (χ1n) is 23.7. The Labute approximate surface area is 379 Å². The third-order valence-electron chi connectivity index (χ3n) is 19.8. The molecule has 6 aliphatic carbocycles. The summed E-state index contributed by atoms with van der Waals surface area (Å²) >= 11 is 0. The third-order valence-corrected chi connectivity index (χ3v) is 19.8. The average Bonchev–Trinajstić information content (AvgIpc) is 3.64. The standard InChI is InChI=1S/C47H72O18/c1-42(2)24-10-13-45(5)25(44(24,4)12-11-27(42)62-40-36(28(50)22(49)19-60-40)64-39-34(56)31(53)32(54)35(63-39)37(57)59-7)9-8-20-21-16-43(3)14-15-47(21,26(43)17-46(20,45)6)41(58)65-38-33(55)30(52)29(51)23(18-48)61-38/h8,21-36,38-40,48-56H,9-19H2,1-7H3/t21-,22+,23+,24-,25+,26-,27-,28-,29+,30-,31-,32-,33+,34+,35-,36+,38-,39-,40-,43+,44-,45-,46+,47+/m1/s1. The Morgan fingerprint density at radius 3 is 2.11 bits per heavy atom. The van der Waals surface area contributed by atoms with Crippen LogP contribution in [0.2, 0.25) is 0 Å². The van der Waals surface area contributed by atoms with Gasteiger partial charge in [-0.15, -0.1) is 0 Å². The van der Waals surface area contributed by atoms with Gasteiger partial charge in [0.15, 0.2) is 18.7 Å². The zero-order valence-electron chi connectivity index (χ0n) is 38.5. The molecule has 0 unspecified atom stereocenters. The van der Waals surface area contributed by atoms with Crippen molar-refractivity contribution in [3.05, 3.63) is 11.6 Å². The molecule has 0 aromatic carbocycles. The van der Waals surface area contributed by atoms with E-state index in [4.69, 9.17) is 33.2 Å². The van der Waals surface area contributed by atoms with Gasteiger partial charge in [-0.25, -0.2) is 4.79 Å². The highest BCUT2D eigenvalue weighted by molar-refractivity contribution is 5.81. The van der Waals surface area contributed by atoms with Crippen LogP contribution in [0.3, 0.4) is 0 Å². The van der Waals surface area contributed by atoms with Gasteiger partial charge in [0.2, 0.25) is 6.29 Å². The molecule has 0 amide bonds. The molecular weight excluding hydrogens is 852 g/mol. The Balaban J connectivity index is 0.947. The fraction of sp³-hybridized carbons (Fsp3) is 0.915. The van der Waals surface area contributed by atoms with Gasteiger partial charge in [-0.1, -0.05) is 53.2 Å². The third kappa shape index (κ3) is 6.77. The van der Waals surface area contributed by atoms with Crippen LogP contribution in [0.15, 0.2) is 11.6 Å². The minimum absolute atomic E-state index is 0.000510. The van der Waals surface area contributed by atoms with Crippen molar-refractivity contribution >= 4 is 11.9 Å². The van der Waals surface area contributed by atoms with Gasteiger partial charge in [0.05, 0.1) is 31.8 Å². The molecule has 368 valence electrons. The maximum absolute atomic E-state index is 14.7. The fourth-order valence-corrected chi connectivity index (χ4v) is 16.0. The molecule has 9 N–H and O–H groups in total. The predicted molar refractivity (Wildman–Crippen MR) is 222 cm³/mol. The molecule has 0 aromatic rings. The highest BCUT2D eigenvalue weighted by Crippen LogP contribution is 2.82. The quantitative estimate of drug-likeness (QED) is 0.0892. The SMILES string of the molecule is COC(=O)[C@@H]1O[C@H](O[C@@H]2[C@@H](O[C@@H]3CC[C@]4(C)[C@H](CC[C@]5(C)[C@H]4CC=C4[C@H]6C[C@]7(C)CC[C@@]6(C(=O)O[C@H]6O[C@@H](CO)[C@H](O)[C@@H](O)[C@@H]6O)[C@@H]7C[C@@]45C)C3(C)C)OC[C@H](O)[C@H]2O)[C@@H](O)[C@H](O)[C@H]1O. The summed E-state index contributed by atoms with van der Waals surface area (Å²) in [6, 6.07) is 0. The second-order valence-corrected chi connectivity index (χ2v) is 22.9. The summed E-state index contributed by atoms with van der Waals surface area (Å²) in [6.45, 7) is 13.1. The van der Waals surface area contributed by atoms with E-state index in [1.807, 2.05) is 0 Å². The van der Waals surface area contributed by atoms with E-state index in [0.29, 0.717) is 12.8 Å². The van der Waals surface area contributed by atoms with E-state index < -0.39 is 121 Å². The molecule has 9 aliphatic rings. The number of rotatable bonds is 8. The monoisotopic (exact) mass is 924 g/mol. The summed E-state index contributed by atoms with van der Waals surface area (Å²) in [7, 11) is 1.08. The minimum atomic E-state index is -1.85. The molecule has 18 heteroatoms. The smallest absolute Gasteiger partial charge is 0.337 e. The van der Waals surface area contributed by atoms with Crippen molar-refractivity contribution in [3.8, 4) is 0 Å². The lowest BCUT2D eigenvalue weighted by molar-refractivity contribution is -0.363. The Morgan fingerprint density at radius 1 is 0.723 bits per heavy atom. The molecule has 3 saturated heterocycles. The molecule has 0 spiro atoms. The van der Waals surface area contributed by atoms with Gasteiger partial charge in [0.25, 0.3) is 0 Å². The van der Waals surface area contributed by atoms with Crippen molar-refractivity contribution in [1.82, 2.24) is 0 Å². The Hall–Kier alpha value is -1.88. The Bertz CT molecular complexity index is 1880. The van der Waals surface area contributed by atoms with Gasteiger partial charge in [0, 0.05) is 0 Å². The molecule has 0 radical (unpaired) electrons. The van der Waals surface area contributed by atoms with E-state index in [1.54, 1.807) is 0 Å². The highest BCUT2D eigenvalue weighted by atomic mass is 16.8. The Kier molecular flexibility index (Phi) is 12.1. The normalized spacial score (nSPS) is 55.6. The largest absolute Gasteiger partial charge is 0.467 e. The second-order valence-electron chi connectivity index (χ2n) is 22.9. The molecule has 24 atom stereocenters. The molecule has 9 rings (SSSR count). The number of aliphatic hydroxyl groups is 9. The zero-order chi connectivity index (χ0) is 47.1. The van der Waals surface area contributed by atoms with Crippen molar-refractivity contribution in [2.45, 2.75) is 191 Å². The van der Waals surface area contributed by atoms with E-state index in [-0.39, 0.29) is 51.9 Å². The minimum Gasteiger partial charge on any atom is -0.467 e. The van der Waals surface area contributed by atoms with Gasteiger partial charge in [-0.05, 0) is 109 Å². The number of carbonyl (C=O) groups excluding carboxylic acids is 2. The summed E-state index contributed by atoms with van der Waals surface area (Å²) < 4.78 is 40.7. The van der Waals surface area contributed by atoms with E-state index >= 15 is 0 Å². The number of ether oxygens (including phenoxy) is 7. The van der Waals surface area contributed by atoms with E-state index in [2.05, 4.69) is 47.6 Å². The first-order chi connectivity index (χ1) is 30.4. The van der Waals surface area contributed by atoms with Crippen LogP contribution in [0.4, 0.5) is 0 Å². The summed E-state index contributed by atoms with van der Waals surface area (Å²) in [5.74, 6) is -1.05. The number of esters is 2. The number of carbonyl (C=O) groups is 2. The van der Waals surface area contributed by atoms with Crippen molar-refractivity contribution in [2.24, 2.45) is 56.2 Å². The molecule has 3 heterocycles. The summed E-state index contributed by atoms with van der Waals surface area (Å²) in [5.41, 5.74) is -0.543. The van der Waals surface area contributed by atoms with Crippen LogP contribution in [-0.2, 0) is 42.7 Å². The summed E-state index contributed by atoms with van der Waals surface area (Å²) in [6.07, 6.45) is -12.8. The second kappa shape index (κ2) is 16.4. The van der Waals surface area contributed by atoms with Crippen LogP contribution in [0.25, 0.3) is 0 Å². The van der Waals surface area contributed by atoms with Gasteiger partial charge in [-0.2, -0.15) is 0 Å². The molecule has 3 aliphatic heterocycles. The maximum atomic E-state index is 14.7. The van der Waals surface area contributed by atoms with Gasteiger partial charge in [-0.3, -0.25) is 4.79 Å². The van der Waals surface area contributed by atoms with E-state index in [0.717, 1.165) is 52.1 Å². The van der Waals surface area contributed by atoms with Crippen molar-refractivity contribution in [1.29, 1.82) is 0 Å². The first kappa shape index (κ1) is 48.2. The van der Waals surface area contributed by atoms with E-state index in [1.165, 1.54) is 5.57 Å². The number of fused-ring (bicyclic) bond motifs is 6. The molecule has 8 fully saturated rings. The Morgan fingerprint density at radius 2 is 1.42 bits per heavy atom. The van der Waals surface area contributed by atoms with Gasteiger partial charge >= 0.3 is 11.9 Å². The first-order valence-corrected chi connectivity index (χ1v) is 23.7. The predicted octanol–water partition coefficient (Wildman–Crippen LogP) is 0.180. The van der Waals surface area contributed by atoms with Crippen LogP contribution >= 0.6 is 0 Å². The van der Waals surface area contributed by atoms with Crippen molar-refractivity contribution in [2.75, 3.05) is 20.3 Å². The number of hydrogen-bond donors (Lipinski definition) is 9.